The van der Waals surface area contributed by atoms with Crippen molar-refractivity contribution in [2.75, 3.05) is 0 Å². The van der Waals surface area contributed by atoms with Crippen LogP contribution < -0.4 is 5.11 Å². The Morgan fingerprint density at radius 1 is 0.773 bits per heavy atom. The number of aliphatic carboxylic acids is 1. The second kappa shape index (κ2) is 15.1. The third-order valence-corrected chi connectivity index (χ3v) is 4.30. The molecule has 22 heavy (non-hydrogen) atoms. The first kappa shape index (κ1) is 21.1. The summed E-state index contributed by atoms with van der Waals surface area (Å²) in [7, 11) is 0. The first-order valence-corrected chi connectivity index (χ1v) is 9.30. The van der Waals surface area contributed by atoms with Crippen molar-refractivity contribution in [1.29, 1.82) is 0 Å². The zero-order valence-electron chi connectivity index (χ0n) is 14.7. The van der Waals surface area contributed by atoms with E-state index in [1.165, 1.54) is 51.4 Å². The summed E-state index contributed by atoms with van der Waals surface area (Å²) in [5, 5.41) is 10.6. The number of rotatable bonds is 16. The molecule has 0 aliphatic rings. The van der Waals surface area contributed by atoms with Crippen molar-refractivity contribution >= 4 is 11.8 Å². The summed E-state index contributed by atoms with van der Waals surface area (Å²) in [6.07, 6.45) is 15.0. The zero-order chi connectivity index (χ0) is 16.6. The molecule has 0 aliphatic carbocycles. The monoisotopic (exact) mass is 311 g/mol. The van der Waals surface area contributed by atoms with E-state index in [1.54, 1.807) is 6.92 Å². The Morgan fingerprint density at radius 2 is 1.23 bits per heavy atom. The Morgan fingerprint density at radius 3 is 1.73 bits per heavy atom. The van der Waals surface area contributed by atoms with E-state index < -0.39 is 11.9 Å². The number of carbonyl (C=O) groups is 2. The third-order valence-electron chi connectivity index (χ3n) is 4.30. The molecular formula is C19H35O3-. The summed E-state index contributed by atoms with van der Waals surface area (Å²) in [4.78, 5) is 22.3. The average Bonchev–Trinajstić information content (AvgIpc) is 2.49. The SMILES string of the molecule is CCCCCCCCCCCC(=O)CCCCC(C)C(=O)[O-]. The number of unbranched alkanes of at least 4 members (excludes halogenated alkanes) is 9. The van der Waals surface area contributed by atoms with Gasteiger partial charge in [0, 0.05) is 18.8 Å². The summed E-state index contributed by atoms with van der Waals surface area (Å²) in [6.45, 7) is 3.90. The quantitative estimate of drug-likeness (QED) is 0.396. The molecule has 3 nitrogen and oxygen atoms in total. The van der Waals surface area contributed by atoms with Gasteiger partial charge in [-0.2, -0.15) is 0 Å². The van der Waals surface area contributed by atoms with Gasteiger partial charge in [-0.05, 0) is 25.2 Å². The highest BCUT2D eigenvalue weighted by Gasteiger charge is 2.05. The van der Waals surface area contributed by atoms with Gasteiger partial charge in [-0.3, -0.25) is 4.79 Å². The average molecular weight is 311 g/mol. The first-order valence-electron chi connectivity index (χ1n) is 9.30. The van der Waals surface area contributed by atoms with Crippen LogP contribution in [0.1, 0.15) is 104 Å². The highest BCUT2D eigenvalue weighted by Crippen LogP contribution is 2.13. The highest BCUT2D eigenvalue weighted by atomic mass is 16.4. The predicted molar refractivity (Wildman–Crippen MR) is 89.5 cm³/mol. The van der Waals surface area contributed by atoms with E-state index in [1.807, 2.05) is 0 Å². The van der Waals surface area contributed by atoms with E-state index in [4.69, 9.17) is 0 Å². The summed E-state index contributed by atoms with van der Waals surface area (Å²) in [5.74, 6) is -1.04. The number of carboxylic acids is 1. The number of ketones is 1. The Balaban J connectivity index is 3.27. The molecule has 0 bridgehead atoms. The van der Waals surface area contributed by atoms with E-state index in [-0.39, 0.29) is 0 Å². The minimum absolute atomic E-state index is 0.337. The van der Waals surface area contributed by atoms with Crippen LogP contribution in [0, 0.1) is 5.92 Å². The molecule has 1 atom stereocenters. The van der Waals surface area contributed by atoms with E-state index in [0.29, 0.717) is 25.0 Å². The van der Waals surface area contributed by atoms with Gasteiger partial charge in [0.1, 0.15) is 5.78 Å². The topological polar surface area (TPSA) is 57.2 Å². The van der Waals surface area contributed by atoms with Crippen LogP contribution in [0.4, 0.5) is 0 Å². The molecular weight excluding hydrogens is 276 g/mol. The number of hydrogen-bond donors (Lipinski definition) is 0. The third kappa shape index (κ3) is 14.1. The number of Topliss-reactive ketones (excluding diaryl/α,β-unsaturated/α-hetero) is 1. The molecule has 0 heterocycles. The minimum atomic E-state index is -0.985. The van der Waals surface area contributed by atoms with Crippen molar-refractivity contribution in [1.82, 2.24) is 0 Å². The fraction of sp³-hybridized carbons (Fsp3) is 0.895. The van der Waals surface area contributed by atoms with E-state index in [9.17, 15) is 14.7 Å². The normalized spacial score (nSPS) is 12.3. The van der Waals surface area contributed by atoms with Crippen molar-refractivity contribution in [2.45, 2.75) is 104 Å². The van der Waals surface area contributed by atoms with Crippen LogP contribution in [-0.2, 0) is 9.59 Å². The van der Waals surface area contributed by atoms with Crippen molar-refractivity contribution in [2.24, 2.45) is 5.92 Å². The van der Waals surface area contributed by atoms with E-state index >= 15 is 0 Å². The lowest BCUT2D eigenvalue weighted by Gasteiger charge is -2.11. The van der Waals surface area contributed by atoms with Gasteiger partial charge >= 0.3 is 0 Å². The molecule has 0 rings (SSSR count). The van der Waals surface area contributed by atoms with Gasteiger partial charge in [0.2, 0.25) is 0 Å². The molecule has 0 aliphatic heterocycles. The van der Waals surface area contributed by atoms with E-state index in [0.717, 1.165) is 19.3 Å². The molecule has 0 spiro atoms. The molecule has 3 heteroatoms. The Kier molecular flexibility index (Phi) is 14.5. The number of hydrogen-bond acceptors (Lipinski definition) is 3. The Bertz CT molecular complexity index is 286. The standard InChI is InChI=1S/C19H36O3/c1-3-4-5-6-7-8-9-10-11-15-18(20)16-13-12-14-17(2)19(21)22/h17H,3-16H2,1-2H3,(H,21,22)/p-1. The molecule has 130 valence electrons. The van der Waals surface area contributed by atoms with Gasteiger partial charge in [-0.15, -0.1) is 0 Å². The van der Waals surface area contributed by atoms with Crippen LogP contribution in [0.2, 0.25) is 0 Å². The van der Waals surface area contributed by atoms with Crippen molar-refractivity contribution in [3.63, 3.8) is 0 Å². The Hall–Kier alpha value is -0.860. The van der Waals surface area contributed by atoms with Crippen molar-refractivity contribution in [3.8, 4) is 0 Å². The van der Waals surface area contributed by atoms with Crippen LogP contribution in [0.25, 0.3) is 0 Å². The van der Waals surface area contributed by atoms with Gasteiger partial charge in [-0.25, -0.2) is 0 Å². The molecule has 0 N–H and O–H groups in total. The first-order chi connectivity index (χ1) is 10.6. The molecule has 0 fully saturated rings. The van der Waals surface area contributed by atoms with Crippen LogP contribution >= 0.6 is 0 Å². The van der Waals surface area contributed by atoms with Crippen molar-refractivity contribution in [3.05, 3.63) is 0 Å². The van der Waals surface area contributed by atoms with Crippen molar-refractivity contribution < 1.29 is 14.7 Å². The van der Waals surface area contributed by atoms with Crippen LogP contribution in [0.3, 0.4) is 0 Å². The number of carbonyl (C=O) groups excluding carboxylic acids is 2. The molecule has 0 aromatic rings. The maximum absolute atomic E-state index is 11.7. The fourth-order valence-corrected chi connectivity index (χ4v) is 2.65. The summed E-state index contributed by atoms with van der Waals surface area (Å²) in [5.41, 5.74) is 0. The van der Waals surface area contributed by atoms with Gasteiger partial charge < -0.3 is 9.90 Å². The minimum Gasteiger partial charge on any atom is -0.550 e. The molecule has 0 saturated heterocycles. The fourth-order valence-electron chi connectivity index (χ4n) is 2.65. The van der Waals surface area contributed by atoms with Gasteiger partial charge in [0.15, 0.2) is 0 Å². The predicted octanol–water partition coefficient (Wildman–Crippen LogP) is 4.42. The summed E-state index contributed by atoms with van der Waals surface area (Å²) >= 11 is 0. The van der Waals surface area contributed by atoms with Gasteiger partial charge in [0.25, 0.3) is 0 Å². The maximum Gasteiger partial charge on any atom is 0.132 e. The lowest BCUT2D eigenvalue weighted by atomic mass is 10.0. The second-order valence-corrected chi connectivity index (χ2v) is 6.58. The van der Waals surface area contributed by atoms with Gasteiger partial charge in [0.05, 0.1) is 0 Å². The Labute approximate surface area is 136 Å². The molecule has 0 aromatic heterocycles. The molecule has 0 saturated carbocycles. The van der Waals surface area contributed by atoms with Crippen LogP contribution in [0.15, 0.2) is 0 Å². The lowest BCUT2D eigenvalue weighted by Crippen LogP contribution is -2.29. The zero-order valence-corrected chi connectivity index (χ0v) is 14.7. The van der Waals surface area contributed by atoms with E-state index in [2.05, 4.69) is 6.92 Å². The van der Waals surface area contributed by atoms with Crippen LogP contribution in [0.5, 0.6) is 0 Å². The smallest absolute Gasteiger partial charge is 0.132 e. The van der Waals surface area contributed by atoms with Gasteiger partial charge in [-0.1, -0.05) is 71.6 Å². The van der Waals surface area contributed by atoms with Crippen LogP contribution in [-0.4, -0.2) is 11.8 Å². The molecule has 0 aromatic carbocycles. The molecule has 0 radical (unpaired) electrons. The number of carboxylic acid groups (broad SMARTS) is 1. The summed E-state index contributed by atoms with van der Waals surface area (Å²) < 4.78 is 0. The highest BCUT2D eigenvalue weighted by molar-refractivity contribution is 5.78. The second-order valence-electron chi connectivity index (χ2n) is 6.58. The molecule has 1 unspecified atom stereocenters. The maximum atomic E-state index is 11.7. The molecule has 0 amide bonds. The largest absolute Gasteiger partial charge is 0.550 e. The summed E-state index contributed by atoms with van der Waals surface area (Å²) in [6, 6.07) is 0. The lowest BCUT2D eigenvalue weighted by molar-refractivity contribution is -0.311.